The molecule has 1 heterocycles. The van der Waals surface area contributed by atoms with Crippen molar-refractivity contribution in [3.05, 3.63) is 46.8 Å². The molecule has 1 aromatic carbocycles. The maximum absolute atomic E-state index is 12.0. The first kappa shape index (κ1) is 15.8. The van der Waals surface area contributed by atoms with Gasteiger partial charge < -0.3 is 10.4 Å². The molecule has 0 fully saturated rings. The highest BCUT2D eigenvalue weighted by molar-refractivity contribution is 5.95. The summed E-state index contributed by atoms with van der Waals surface area (Å²) in [6.45, 7) is 7.26. The Kier molecular flexibility index (Phi) is 4.30. The van der Waals surface area contributed by atoms with Gasteiger partial charge in [-0.1, -0.05) is 6.07 Å². The number of carboxylic acid groups (broad SMARTS) is 1. The Labute approximate surface area is 128 Å². The summed E-state index contributed by atoms with van der Waals surface area (Å²) in [6.07, 6.45) is 0. The number of aliphatic carboxylic acids is 1. The first-order valence-electron chi connectivity index (χ1n) is 6.97. The number of carboxylic acids is 1. The Morgan fingerprint density at radius 3 is 2.27 bits per heavy atom. The molecule has 1 aromatic heterocycles. The van der Waals surface area contributed by atoms with Crippen molar-refractivity contribution in [2.24, 2.45) is 0 Å². The fourth-order valence-electron chi connectivity index (χ4n) is 2.25. The van der Waals surface area contributed by atoms with Gasteiger partial charge in [0.25, 0.3) is 5.91 Å². The van der Waals surface area contributed by atoms with E-state index in [9.17, 15) is 9.59 Å². The van der Waals surface area contributed by atoms with E-state index in [1.165, 1.54) is 6.92 Å². The van der Waals surface area contributed by atoms with E-state index in [4.69, 9.17) is 5.11 Å². The van der Waals surface area contributed by atoms with Crippen LogP contribution in [0.15, 0.2) is 24.3 Å². The van der Waals surface area contributed by atoms with Gasteiger partial charge >= 0.3 is 5.97 Å². The average molecular weight is 301 g/mol. The summed E-state index contributed by atoms with van der Waals surface area (Å²) in [4.78, 5) is 22.8. The molecular weight excluding hydrogens is 282 g/mol. The summed E-state index contributed by atoms with van der Waals surface area (Å²) >= 11 is 0. The topological polar surface area (TPSA) is 84.2 Å². The Hall–Kier alpha value is -2.63. The third-order valence-electron chi connectivity index (χ3n) is 3.29. The van der Waals surface area contributed by atoms with Crippen LogP contribution in [0.4, 0.5) is 0 Å². The molecule has 0 aliphatic rings. The van der Waals surface area contributed by atoms with Crippen LogP contribution in [0, 0.1) is 20.8 Å². The molecule has 0 radical (unpaired) electrons. The van der Waals surface area contributed by atoms with Gasteiger partial charge in [0.2, 0.25) is 0 Å². The van der Waals surface area contributed by atoms with E-state index >= 15 is 0 Å². The van der Waals surface area contributed by atoms with E-state index in [0.717, 1.165) is 22.5 Å². The van der Waals surface area contributed by atoms with Crippen LogP contribution >= 0.6 is 0 Å². The summed E-state index contributed by atoms with van der Waals surface area (Å²) in [6, 6.07) is 6.70. The van der Waals surface area contributed by atoms with Gasteiger partial charge in [0.1, 0.15) is 6.04 Å². The second-order valence-electron chi connectivity index (χ2n) is 5.46. The van der Waals surface area contributed by atoms with Crippen LogP contribution in [0.1, 0.15) is 34.2 Å². The van der Waals surface area contributed by atoms with E-state index < -0.39 is 17.9 Å². The Morgan fingerprint density at radius 2 is 1.73 bits per heavy atom. The number of nitrogens with zero attached hydrogens (tertiary/aromatic N) is 2. The number of aryl methyl sites for hydroxylation is 3. The van der Waals surface area contributed by atoms with Crippen molar-refractivity contribution >= 4 is 11.9 Å². The largest absolute Gasteiger partial charge is 0.480 e. The fraction of sp³-hybridized carbons (Fsp3) is 0.312. The van der Waals surface area contributed by atoms with Crippen molar-refractivity contribution in [2.75, 3.05) is 0 Å². The first-order chi connectivity index (χ1) is 10.3. The molecule has 2 aromatic rings. The number of rotatable bonds is 4. The highest BCUT2D eigenvalue weighted by Crippen LogP contribution is 2.16. The Morgan fingerprint density at radius 1 is 1.14 bits per heavy atom. The van der Waals surface area contributed by atoms with Gasteiger partial charge in [0.15, 0.2) is 5.69 Å². The predicted molar refractivity (Wildman–Crippen MR) is 82.3 cm³/mol. The molecule has 1 atom stereocenters. The number of aromatic nitrogens is 2. The number of carbonyl (C=O) groups is 2. The van der Waals surface area contributed by atoms with E-state index in [-0.39, 0.29) is 5.69 Å². The molecule has 0 aliphatic heterocycles. The summed E-state index contributed by atoms with van der Waals surface area (Å²) in [5.41, 5.74) is 4.09. The molecule has 2 rings (SSSR count). The van der Waals surface area contributed by atoms with Crippen molar-refractivity contribution in [2.45, 2.75) is 33.7 Å². The molecule has 0 bridgehead atoms. The summed E-state index contributed by atoms with van der Waals surface area (Å²) in [5, 5.41) is 15.5. The summed E-state index contributed by atoms with van der Waals surface area (Å²) in [7, 11) is 0. The van der Waals surface area contributed by atoms with Gasteiger partial charge in [-0.2, -0.15) is 5.10 Å². The number of nitrogens with one attached hydrogen (secondary N) is 1. The third-order valence-corrected chi connectivity index (χ3v) is 3.29. The molecule has 1 unspecified atom stereocenters. The first-order valence-corrected chi connectivity index (χ1v) is 6.97. The lowest BCUT2D eigenvalue weighted by atomic mass is 10.1. The van der Waals surface area contributed by atoms with Crippen LogP contribution in [-0.2, 0) is 4.79 Å². The van der Waals surface area contributed by atoms with Crippen LogP contribution in [0.5, 0.6) is 0 Å². The van der Waals surface area contributed by atoms with Gasteiger partial charge in [-0.15, -0.1) is 0 Å². The monoisotopic (exact) mass is 301 g/mol. The van der Waals surface area contributed by atoms with Gasteiger partial charge in [-0.25, -0.2) is 4.68 Å². The lowest BCUT2D eigenvalue weighted by Crippen LogP contribution is -2.38. The number of benzene rings is 1. The molecule has 0 saturated carbocycles. The molecule has 0 aliphatic carbocycles. The highest BCUT2D eigenvalue weighted by Gasteiger charge is 2.18. The maximum atomic E-state index is 12.0. The van der Waals surface area contributed by atoms with E-state index in [1.54, 1.807) is 10.7 Å². The highest BCUT2D eigenvalue weighted by atomic mass is 16.4. The summed E-state index contributed by atoms with van der Waals surface area (Å²) in [5.74, 6) is -1.58. The zero-order chi connectivity index (χ0) is 16.4. The summed E-state index contributed by atoms with van der Waals surface area (Å²) < 4.78 is 1.68. The van der Waals surface area contributed by atoms with Crippen molar-refractivity contribution in [1.82, 2.24) is 15.1 Å². The van der Waals surface area contributed by atoms with Gasteiger partial charge in [0.05, 0.1) is 5.69 Å². The number of hydrogen-bond donors (Lipinski definition) is 2. The minimum absolute atomic E-state index is 0.199. The average Bonchev–Trinajstić information content (AvgIpc) is 2.79. The van der Waals surface area contributed by atoms with E-state index in [0.29, 0.717) is 0 Å². The van der Waals surface area contributed by atoms with Gasteiger partial charge in [0, 0.05) is 5.69 Å². The quantitative estimate of drug-likeness (QED) is 0.904. The molecule has 0 spiro atoms. The molecule has 6 nitrogen and oxygen atoms in total. The normalized spacial score (nSPS) is 12.0. The van der Waals surface area contributed by atoms with Gasteiger partial charge in [-0.05, 0) is 57.0 Å². The lowest BCUT2D eigenvalue weighted by Gasteiger charge is -2.08. The molecule has 22 heavy (non-hydrogen) atoms. The second-order valence-corrected chi connectivity index (χ2v) is 5.46. The van der Waals surface area contributed by atoms with Crippen molar-refractivity contribution in [3.8, 4) is 5.69 Å². The number of amides is 1. The minimum Gasteiger partial charge on any atom is -0.480 e. The predicted octanol–water partition coefficient (Wildman–Crippen LogP) is 2.00. The van der Waals surface area contributed by atoms with E-state index in [1.807, 2.05) is 32.9 Å². The van der Waals surface area contributed by atoms with Crippen LogP contribution < -0.4 is 5.32 Å². The third kappa shape index (κ3) is 3.33. The van der Waals surface area contributed by atoms with Crippen molar-refractivity contribution < 1.29 is 14.7 Å². The van der Waals surface area contributed by atoms with Crippen molar-refractivity contribution in [1.29, 1.82) is 0 Å². The minimum atomic E-state index is -1.08. The molecule has 1 amide bonds. The Bertz CT molecular complexity index is 714. The number of hydrogen-bond acceptors (Lipinski definition) is 3. The standard InChI is InChI=1S/C16H19N3O3/c1-9-5-10(2)7-13(6-9)19-11(3)8-14(18-19)15(20)17-12(4)16(21)22/h5-8,12H,1-4H3,(H,17,20)(H,21,22). The van der Waals surface area contributed by atoms with E-state index in [2.05, 4.69) is 16.5 Å². The number of carbonyl (C=O) groups excluding carboxylic acids is 1. The molecular formula is C16H19N3O3. The van der Waals surface area contributed by atoms with Crippen LogP contribution in [0.25, 0.3) is 5.69 Å². The maximum Gasteiger partial charge on any atom is 0.325 e. The Balaban J connectivity index is 2.32. The van der Waals surface area contributed by atoms with Crippen LogP contribution in [0.2, 0.25) is 0 Å². The smallest absolute Gasteiger partial charge is 0.325 e. The SMILES string of the molecule is Cc1cc(C)cc(-n2nc(C(=O)NC(C)C(=O)O)cc2C)c1. The molecule has 116 valence electrons. The zero-order valence-corrected chi connectivity index (χ0v) is 13.0. The van der Waals surface area contributed by atoms with Crippen LogP contribution in [-0.4, -0.2) is 32.8 Å². The fourth-order valence-corrected chi connectivity index (χ4v) is 2.25. The zero-order valence-electron chi connectivity index (χ0n) is 13.0. The van der Waals surface area contributed by atoms with Crippen molar-refractivity contribution in [3.63, 3.8) is 0 Å². The van der Waals surface area contributed by atoms with Gasteiger partial charge in [-0.3, -0.25) is 9.59 Å². The molecule has 6 heteroatoms. The lowest BCUT2D eigenvalue weighted by molar-refractivity contribution is -0.138. The van der Waals surface area contributed by atoms with Crippen LogP contribution in [0.3, 0.4) is 0 Å². The second kappa shape index (κ2) is 6.01. The molecule has 2 N–H and O–H groups in total. The molecule has 0 saturated heterocycles.